The number of amides is 3. The van der Waals surface area contributed by atoms with Crippen LogP contribution in [0.5, 0.6) is 0 Å². The van der Waals surface area contributed by atoms with Crippen molar-refractivity contribution in [1.29, 1.82) is 0 Å². The highest BCUT2D eigenvalue weighted by atomic mass is 16.3. The van der Waals surface area contributed by atoms with Gasteiger partial charge in [0, 0.05) is 6.04 Å². The van der Waals surface area contributed by atoms with E-state index in [0.29, 0.717) is 5.56 Å². The van der Waals surface area contributed by atoms with Crippen molar-refractivity contribution in [3.05, 3.63) is 35.9 Å². The van der Waals surface area contributed by atoms with Gasteiger partial charge in [-0.1, -0.05) is 49.6 Å². The Morgan fingerprint density at radius 3 is 2.38 bits per heavy atom. The van der Waals surface area contributed by atoms with Crippen molar-refractivity contribution in [3.8, 4) is 0 Å². The van der Waals surface area contributed by atoms with Crippen molar-refractivity contribution in [3.63, 3.8) is 0 Å². The Morgan fingerprint density at radius 1 is 1.05 bits per heavy atom. The highest BCUT2D eigenvalue weighted by Crippen LogP contribution is 2.17. The van der Waals surface area contributed by atoms with Crippen LogP contribution in [0.15, 0.2) is 30.3 Å². The Labute approximate surface area is 123 Å². The first-order valence-electron chi connectivity index (χ1n) is 7.26. The van der Waals surface area contributed by atoms with E-state index >= 15 is 0 Å². The second-order valence-corrected chi connectivity index (χ2v) is 5.24. The minimum Gasteiger partial charge on any atom is -0.378 e. The van der Waals surface area contributed by atoms with Crippen LogP contribution in [0.3, 0.4) is 0 Å². The van der Waals surface area contributed by atoms with Gasteiger partial charge in [-0.3, -0.25) is 10.2 Å². The summed E-state index contributed by atoms with van der Waals surface area (Å²) < 4.78 is 0. The van der Waals surface area contributed by atoms with Gasteiger partial charge in [-0.15, -0.1) is 0 Å². The van der Waals surface area contributed by atoms with E-state index in [4.69, 9.17) is 0 Å². The predicted octanol–water partition coefficient (Wildman–Crippen LogP) is 1.38. The zero-order valence-corrected chi connectivity index (χ0v) is 11.8. The van der Waals surface area contributed by atoms with Crippen LogP contribution in [-0.4, -0.2) is 23.1 Å². The van der Waals surface area contributed by atoms with E-state index in [-0.39, 0.29) is 6.04 Å². The van der Waals surface area contributed by atoms with Gasteiger partial charge in [0.05, 0.1) is 0 Å². The molecule has 2 rings (SSSR count). The molecular weight excluding hydrogens is 270 g/mol. The summed E-state index contributed by atoms with van der Waals surface area (Å²) in [6, 6.07) is 8.26. The Balaban J connectivity index is 1.74. The molecule has 21 heavy (non-hydrogen) atoms. The van der Waals surface area contributed by atoms with Gasteiger partial charge >= 0.3 is 6.03 Å². The zero-order chi connectivity index (χ0) is 15.1. The molecule has 1 saturated carbocycles. The minimum absolute atomic E-state index is 0.162. The molecule has 1 aliphatic carbocycles. The molecule has 0 bridgehead atoms. The number of hydrazine groups is 1. The van der Waals surface area contributed by atoms with Crippen LogP contribution in [0.25, 0.3) is 0 Å². The maximum absolute atomic E-state index is 11.7. The van der Waals surface area contributed by atoms with Gasteiger partial charge in [-0.25, -0.2) is 10.2 Å². The molecule has 0 aromatic heterocycles. The van der Waals surface area contributed by atoms with Gasteiger partial charge in [-0.05, 0) is 18.4 Å². The topological polar surface area (TPSA) is 90.5 Å². The first kappa shape index (κ1) is 15.3. The first-order chi connectivity index (χ1) is 10.2. The number of nitrogens with one attached hydrogen (secondary N) is 3. The molecule has 6 heteroatoms. The summed E-state index contributed by atoms with van der Waals surface area (Å²) >= 11 is 0. The summed E-state index contributed by atoms with van der Waals surface area (Å²) in [4.78, 5) is 23.4. The standard InChI is InChI=1S/C15H21N3O3/c19-13(11-7-3-1-4-8-11)14(20)17-18-15(21)16-12-9-5-2-6-10-12/h1,3-4,7-8,12-13,19H,2,5-6,9-10H2,(H,17,20)(H2,16,18,21). The fourth-order valence-electron chi connectivity index (χ4n) is 2.44. The van der Waals surface area contributed by atoms with Crippen molar-refractivity contribution in [2.45, 2.75) is 44.2 Å². The van der Waals surface area contributed by atoms with Gasteiger partial charge in [0.1, 0.15) is 0 Å². The van der Waals surface area contributed by atoms with Crippen LogP contribution in [-0.2, 0) is 4.79 Å². The summed E-state index contributed by atoms with van der Waals surface area (Å²) in [5, 5.41) is 12.6. The van der Waals surface area contributed by atoms with Crippen LogP contribution in [0.1, 0.15) is 43.8 Å². The third-order valence-electron chi connectivity index (χ3n) is 3.60. The normalized spacial score (nSPS) is 16.8. The molecule has 1 aromatic carbocycles. The van der Waals surface area contributed by atoms with Crippen molar-refractivity contribution < 1.29 is 14.7 Å². The molecule has 0 aliphatic heterocycles. The van der Waals surface area contributed by atoms with E-state index in [2.05, 4.69) is 16.2 Å². The van der Waals surface area contributed by atoms with Crippen molar-refractivity contribution >= 4 is 11.9 Å². The number of urea groups is 1. The lowest BCUT2D eigenvalue weighted by atomic mass is 9.96. The van der Waals surface area contributed by atoms with E-state index in [1.54, 1.807) is 30.3 Å². The minimum atomic E-state index is -1.30. The van der Waals surface area contributed by atoms with Gasteiger partial charge in [-0.2, -0.15) is 0 Å². The third kappa shape index (κ3) is 4.75. The van der Waals surface area contributed by atoms with Gasteiger partial charge in [0.25, 0.3) is 5.91 Å². The van der Waals surface area contributed by atoms with Gasteiger partial charge < -0.3 is 10.4 Å². The predicted molar refractivity (Wildman–Crippen MR) is 78.1 cm³/mol. The molecule has 0 spiro atoms. The second-order valence-electron chi connectivity index (χ2n) is 5.24. The summed E-state index contributed by atoms with van der Waals surface area (Å²) in [5.74, 6) is -0.667. The maximum Gasteiger partial charge on any atom is 0.333 e. The smallest absolute Gasteiger partial charge is 0.333 e. The average Bonchev–Trinajstić information content (AvgIpc) is 2.53. The number of carbonyl (C=O) groups is 2. The summed E-state index contributed by atoms with van der Waals surface area (Å²) in [6.45, 7) is 0. The number of aliphatic hydroxyl groups is 1. The number of hydrogen-bond acceptors (Lipinski definition) is 3. The molecule has 4 N–H and O–H groups in total. The van der Waals surface area contributed by atoms with Crippen LogP contribution >= 0.6 is 0 Å². The molecule has 114 valence electrons. The quantitative estimate of drug-likeness (QED) is 0.634. The van der Waals surface area contributed by atoms with Crippen LogP contribution in [0.4, 0.5) is 4.79 Å². The summed E-state index contributed by atoms with van der Waals surface area (Å²) in [7, 11) is 0. The SMILES string of the molecule is O=C(NNC(=O)C(O)c1ccccc1)NC1CCCCC1. The fraction of sp³-hybridized carbons (Fsp3) is 0.467. The largest absolute Gasteiger partial charge is 0.378 e. The molecule has 0 radical (unpaired) electrons. The molecule has 1 fully saturated rings. The molecule has 1 aliphatic rings. The number of hydrogen-bond donors (Lipinski definition) is 4. The Morgan fingerprint density at radius 2 is 1.71 bits per heavy atom. The highest BCUT2D eigenvalue weighted by Gasteiger charge is 2.19. The number of aliphatic hydroxyl groups excluding tert-OH is 1. The van der Waals surface area contributed by atoms with Crippen LogP contribution in [0, 0.1) is 0 Å². The van der Waals surface area contributed by atoms with Crippen molar-refractivity contribution in [1.82, 2.24) is 16.2 Å². The fourth-order valence-corrected chi connectivity index (χ4v) is 2.44. The molecule has 1 aromatic rings. The first-order valence-corrected chi connectivity index (χ1v) is 7.26. The average molecular weight is 291 g/mol. The number of benzene rings is 1. The molecule has 6 nitrogen and oxygen atoms in total. The van der Waals surface area contributed by atoms with Crippen LogP contribution in [0.2, 0.25) is 0 Å². The third-order valence-corrected chi connectivity index (χ3v) is 3.60. The number of rotatable bonds is 3. The Hall–Kier alpha value is -2.08. The van der Waals surface area contributed by atoms with E-state index < -0.39 is 18.0 Å². The molecular formula is C15H21N3O3. The van der Waals surface area contributed by atoms with E-state index in [9.17, 15) is 14.7 Å². The van der Waals surface area contributed by atoms with Gasteiger partial charge in [0.15, 0.2) is 6.10 Å². The Bertz CT molecular complexity index is 472. The zero-order valence-electron chi connectivity index (χ0n) is 11.8. The van der Waals surface area contributed by atoms with Crippen molar-refractivity contribution in [2.24, 2.45) is 0 Å². The van der Waals surface area contributed by atoms with E-state index in [1.807, 2.05) is 0 Å². The lowest BCUT2D eigenvalue weighted by Crippen LogP contribution is -2.51. The molecule has 0 saturated heterocycles. The maximum atomic E-state index is 11.7. The van der Waals surface area contributed by atoms with Crippen LogP contribution < -0.4 is 16.2 Å². The van der Waals surface area contributed by atoms with Crippen molar-refractivity contribution in [2.75, 3.05) is 0 Å². The lowest BCUT2D eigenvalue weighted by molar-refractivity contribution is -0.130. The molecule has 1 unspecified atom stereocenters. The lowest BCUT2D eigenvalue weighted by Gasteiger charge is -2.23. The van der Waals surface area contributed by atoms with Gasteiger partial charge in [0.2, 0.25) is 0 Å². The monoisotopic (exact) mass is 291 g/mol. The highest BCUT2D eigenvalue weighted by molar-refractivity contribution is 5.84. The molecule has 3 amide bonds. The summed E-state index contributed by atoms with van der Waals surface area (Å²) in [6.07, 6.45) is 4.07. The van der Waals surface area contributed by atoms with E-state index in [0.717, 1.165) is 25.7 Å². The second kappa shape index (κ2) is 7.64. The van der Waals surface area contributed by atoms with E-state index in [1.165, 1.54) is 6.42 Å². The Kier molecular flexibility index (Phi) is 5.57. The molecule has 1 atom stereocenters. The summed E-state index contributed by atoms with van der Waals surface area (Å²) in [5.41, 5.74) is 4.97. The molecule has 0 heterocycles. The number of carbonyl (C=O) groups excluding carboxylic acids is 2.